The number of carbonyl (C=O) groups is 2. The molecule has 4 nitrogen and oxygen atoms in total. The van der Waals surface area contributed by atoms with Crippen LogP contribution in [0.15, 0.2) is 42.5 Å². The van der Waals surface area contributed by atoms with Gasteiger partial charge >= 0.3 is 0 Å². The molecule has 1 atom stereocenters. The van der Waals surface area contributed by atoms with Gasteiger partial charge in [-0.15, -0.1) is 11.3 Å². The predicted molar refractivity (Wildman–Crippen MR) is 103 cm³/mol. The molecule has 0 unspecified atom stereocenters. The second-order valence-electron chi connectivity index (χ2n) is 7.08. The van der Waals surface area contributed by atoms with Crippen molar-refractivity contribution in [2.24, 2.45) is 16.9 Å². The van der Waals surface area contributed by atoms with Gasteiger partial charge in [-0.2, -0.15) is 0 Å². The summed E-state index contributed by atoms with van der Waals surface area (Å²) in [5.74, 6) is -0.563. The van der Waals surface area contributed by atoms with Gasteiger partial charge in [0.05, 0.1) is 10.9 Å². The Morgan fingerprint density at radius 2 is 1.76 bits per heavy atom. The number of hydrogen-bond donors (Lipinski definition) is 2. The van der Waals surface area contributed by atoms with Gasteiger partial charge in [0.25, 0.3) is 0 Å². The van der Waals surface area contributed by atoms with Crippen LogP contribution in [0.1, 0.15) is 46.8 Å². The first kappa shape index (κ1) is 19.3. The number of Topliss-reactive ketones (excluding diaryl/α,β-unsaturated/α-hetero) is 1. The molecular formula is C20H26N2O2S. The van der Waals surface area contributed by atoms with Crippen molar-refractivity contribution < 1.29 is 9.59 Å². The lowest BCUT2D eigenvalue weighted by Crippen LogP contribution is -2.45. The minimum atomic E-state index is -0.740. The first-order valence-electron chi connectivity index (χ1n) is 8.50. The van der Waals surface area contributed by atoms with E-state index in [0.29, 0.717) is 4.88 Å². The molecule has 0 saturated heterocycles. The zero-order chi connectivity index (χ0) is 18.4. The third-order valence-corrected chi connectivity index (χ3v) is 5.55. The Bertz CT molecular complexity index is 722. The first-order chi connectivity index (χ1) is 11.8. The van der Waals surface area contributed by atoms with E-state index in [9.17, 15) is 9.59 Å². The number of carbonyl (C=O) groups excluding carboxylic acids is 2. The highest BCUT2D eigenvalue weighted by Gasteiger charge is 2.34. The molecule has 0 aliphatic rings. The SMILES string of the molecule is CC(C)(CC(N)=O)[C@H](N)C(=O)c1ccc(CCCc2ccccc2)s1. The fourth-order valence-electron chi connectivity index (χ4n) is 2.82. The number of amides is 1. The maximum absolute atomic E-state index is 12.6. The highest BCUT2D eigenvalue weighted by molar-refractivity contribution is 7.14. The number of ketones is 1. The summed E-state index contributed by atoms with van der Waals surface area (Å²) in [6.07, 6.45) is 3.09. The van der Waals surface area contributed by atoms with E-state index in [1.807, 2.05) is 30.3 Å². The zero-order valence-electron chi connectivity index (χ0n) is 14.8. The summed E-state index contributed by atoms with van der Waals surface area (Å²) in [6, 6.07) is 13.5. The number of primary amides is 1. The van der Waals surface area contributed by atoms with Crippen LogP contribution in [0, 0.1) is 5.41 Å². The second kappa shape index (κ2) is 8.41. The molecule has 25 heavy (non-hydrogen) atoms. The normalized spacial score (nSPS) is 12.8. The van der Waals surface area contributed by atoms with Crippen molar-refractivity contribution in [1.29, 1.82) is 0 Å². The lowest BCUT2D eigenvalue weighted by Gasteiger charge is -2.28. The van der Waals surface area contributed by atoms with Gasteiger partial charge in [-0.05, 0) is 42.4 Å². The standard InChI is InChI=1S/C20H26N2O2S/c1-20(2,13-17(21)23)19(22)18(24)16-12-11-15(25-16)10-6-9-14-7-4-3-5-8-14/h3-5,7-8,11-12,19H,6,9-10,13,22H2,1-2H3,(H2,21,23)/t19-/m1/s1. The van der Waals surface area contributed by atoms with Crippen molar-refractivity contribution in [3.8, 4) is 0 Å². The number of thiophene rings is 1. The molecular weight excluding hydrogens is 332 g/mol. The molecule has 5 heteroatoms. The van der Waals surface area contributed by atoms with Gasteiger partial charge in [0.15, 0.2) is 5.78 Å². The Balaban J connectivity index is 1.93. The molecule has 0 bridgehead atoms. The largest absolute Gasteiger partial charge is 0.370 e. The van der Waals surface area contributed by atoms with Gasteiger partial charge in [0, 0.05) is 11.3 Å². The molecule has 0 fully saturated rings. The van der Waals surface area contributed by atoms with Crippen molar-refractivity contribution in [3.05, 3.63) is 57.8 Å². The van der Waals surface area contributed by atoms with E-state index in [0.717, 1.165) is 19.3 Å². The number of benzene rings is 1. The average Bonchev–Trinajstić information content (AvgIpc) is 3.02. The monoisotopic (exact) mass is 358 g/mol. The lowest BCUT2D eigenvalue weighted by atomic mass is 9.79. The van der Waals surface area contributed by atoms with Crippen LogP contribution < -0.4 is 11.5 Å². The van der Waals surface area contributed by atoms with Crippen molar-refractivity contribution >= 4 is 23.0 Å². The van der Waals surface area contributed by atoms with Crippen LogP contribution in [0.5, 0.6) is 0 Å². The summed E-state index contributed by atoms with van der Waals surface area (Å²) >= 11 is 1.49. The summed E-state index contributed by atoms with van der Waals surface area (Å²) in [7, 11) is 0. The molecule has 134 valence electrons. The number of nitrogens with two attached hydrogens (primary N) is 2. The topological polar surface area (TPSA) is 86.2 Å². The fraction of sp³-hybridized carbons (Fsp3) is 0.400. The van der Waals surface area contributed by atoms with E-state index in [4.69, 9.17) is 11.5 Å². The molecule has 0 aliphatic carbocycles. The minimum absolute atomic E-state index is 0.0925. The van der Waals surface area contributed by atoms with Gasteiger partial charge in [0.1, 0.15) is 0 Å². The van der Waals surface area contributed by atoms with Crippen molar-refractivity contribution in [3.63, 3.8) is 0 Å². The fourth-order valence-corrected chi connectivity index (χ4v) is 3.85. The number of hydrogen-bond acceptors (Lipinski definition) is 4. The van der Waals surface area contributed by atoms with Gasteiger partial charge in [-0.1, -0.05) is 44.2 Å². The van der Waals surface area contributed by atoms with Gasteiger partial charge in [0.2, 0.25) is 5.91 Å². The summed E-state index contributed by atoms with van der Waals surface area (Å²) in [6.45, 7) is 3.60. The van der Waals surface area contributed by atoms with Crippen LogP contribution in [0.3, 0.4) is 0 Å². The summed E-state index contributed by atoms with van der Waals surface area (Å²) in [4.78, 5) is 25.6. The molecule has 0 aliphatic heterocycles. The molecule has 1 amide bonds. The average molecular weight is 359 g/mol. The van der Waals surface area contributed by atoms with Crippen LogP contribution in [0.4, 0.5) is 0 Å². The van der Waals surface area contributed by atoms with E-state index in [1.165, 1.54) is 21.8 Å². The number of aryl methyl sites for hydroxylation is 2. The Morgan fingerprint density at radius 1 is 1.08 bits per heavy atom. The maximum Gasteiger partial charge on any atom is 0.218 e. The number of rotatable bonds is 9. The molecule has 1 heterocycles. The van der Waals surface area contributed by atoms with E-state index < -0.39 is 17.4 Å². The summed E-state index contributed by atoms with van der Waals surface area (Å²) < 4.78 is 0. The first-order valence-corrected chi connectivity index (χ1v) is 9.32. The van der Waals surface area contributed by atoms with Crippen LogP contribution >= 0.6 is 11.3 Å². The van der Waals surface area contributed by atoms with Gasteiger partial charge < -0.3 is 11.5 Å². The van der Waals surface area contributed by atoms with Crippen molar-refractivity contribution in [1.82, 2.24) is 0 Å². The molecule has 0 saturated carbocycles. The van der Waals surface area contributed by atoms with E-state index in [-0.39, 0.29) is 12.2 Å². The van der Waals surface area contributed by atoms with Crippen LogP contribution in [-0.2, 0) is 17.6 Å². The van der Waals surface area contributed by atoms with E-state index in [2.05, 4.69) is 12.1 Å². The smallest absolute Gasteiger partial charge is 0.218 e. The Hall–Kier alpha value is -1.98. The van der Waals surface area contributed by atoms with Crippen LogP contribution in [0.25, 0.3) is 0 Å². The van der Waals surface area contributed by atoms with Crippen LogP contribution in [0.2, 0.25) is 0 Å². The second-order valence-corrected chi connectivity index (χ2v) is 8.25. The quantitative estimate of drug-likeness (QED) is 0.674. The highest BCUT2D eigenvalue weighted by Crippen LogP contribution is 2.28. The third kappa shape index (κ3) is 5.51. The molecule has 1 aromatic heterocycles. The van der Waals surface area contributed by atoms with Crippen molar-refractivity contribution in [2.75, 3.05) is 0 Å². The summed E-state index contributed by atoms with van der Waals surface area (Å²) in [5, 5.41) is 0. The van der Waals surface area contributed by atoms with Crippen LogP contribution in [-0.4, -0.2) is 17.7 Å². The Labute approximate surface area is 153 Å². The lowest BCUT2D eigenvalue weighted by molar-refractivity contribution is -0.120. The molecule has 1 aromatic carbocycles. The molecule has 2 rings (SSSR count). The molecule has 0 radical (unpaired) electrons. The molecule has 4 N–H and O–H groups in total. The highest BCUT2D eigenvalue weighted by atomic mass is 32.1. The summed E-state index contributed by atoms with van der Waals surface area (Å²) in [5.41, 5.74) is 12.0. The van der Waals surface area contributed by atoms with Gasteiger partial charge in [-0.3, -0.25) is 9.59 Å². The van der Waals surface area contributed by atoms with E-state index in [1.54, 1.807) is 13.8 Å². The zero-order valence-corrected chi connectivity index (χ0v) is 15.6. The third-order valence-electron chi connectivity index (χ3n) is 4.39. The van der Waals surface area contributed by atoms with E-state index >= 15 is 0 Å². The Morgan fingerprint density at radius 3 is 2.40 bits per heavy atom. The van der Waals surface area contributed by atoms with Crippen molar-refractivity contribution in [2.45, 2.75) is 45.6 Å². The molecule has 0 spiro atoms. The minimum Gasteiger partial charge on any atom is -0.370 e. The van der Waals surface area contributed by atoms with Gasteiger partial charge in [-0.25, -0.2) is 0 Å². The molecule has 2 aromatic rings. The Kier molecular flexibility index (Phi) is 6.51. The predicted octanol–water partition coefficient (Wildman–Crippen LogP) is 3.34. The maximum atomic E-state index is 12.6.